The van der Waals surface area contributed by atoms with E-state index in [1.807, 2.05) is 13.0 Å². The van der Waals surface area contributed by atoms with E-state index in [0.29, 0.717) is 29.3 Å². The zero-order chi connectivity index (χ0) is 23.7. The lowest BCUT2D eigenvalue weighted by Gasteiger charge is -2.10. The van der Waals surface area contributed by atoms with Crippen molar-refractivity contribution in [2.24, 2.45) is 0 Å². The standard InChI is InChI=1S/C24H25N3O5S/c1-2-32-21-11-13-22(14-12-21)33(30,31)25-16-15-23(28)26-19-9-6-10-20(17-19)27-24(29)18-7-4-3-5-8-18/h3-14,17,25H,2,15-16H2,1H3,(H,26,28)(H,27,29). The van der Waals surface area contributed by atoms with Gasteiger partial charge in [-0.1, -0.05) is 24.3 Å². The van der Waals surface area contributed by atoms with Gasteiger partial charge in [-0.15, -0.1) is 0 Å². The van der Waals surface area contributed by atoms with E-state index in [-0.39, 0.29) is 29.7 Å². The molecule has 172 valence electrons. The van der Waals surface area contributed by atoms with Crippen LogP contribution in [0.15, 0.2) is 83.8 Å². The lowest BCUT2D eigenvalue weighted by atomic mass is 10.2. The van der Waals surface area contributed by atoms with Gasteiger partial charge >= 0.3 is 0 Å². The Bertz CT molecular complexity index is 1200. The minimum absolute atomic E-state index is 0.0587. The molecule has 8 nitrogen and oxygen atoms in total. The quantitative estimate of drug-likeness (QED) is 0.421. The van der Waals surface area contributed by atoms with Crippen molar-refractivity contribution in [3.05, 3.63) is 84.4 Å². The van der Waals surface area contributed by atoms with Crippen LogP contribution >= 0.6 is 0 Å². The number of benzene rings is 3. The smallest absolute Gasteiger partial charge is 0.255 e. The number of anilines is 2. The van der Waals surface area contributed by atoms with Crippen molar-refractivity contribution >= 4 is 33.2 Å². The lowest BCUT2D eigenvalue weighted by molar-refractivity contribution is -0.116. The molecule has 3 N–H and O–H groups in total. The van der Waals surface area contributed by atoms with Gasteiger partial charge in [0.1, 0.15) is 5.75 Å². The highest BCUT2D eigenvalue weighted by atomic mass is 32.2. The summed E-state index contributed by atoms with van der Waals surface area (Å²) in [7, 11) is -3.74. The first-order valence-electron chi connectivity index (χ1n) is 10.4. The topological polar surface area (TPSA) is 114 Å². The Hall–Kier alpha value is -3.69. The van der Waals surface area contributed by atoms with Gasteiger partial charge in [-0.2, -0.15) is 0 Å². The van der Waals surface area contributed by atoms with Gasteiger partial charge in [0, 0.05) is 29.9 Å². The molecule has 0 unspecified atom stereocenters. The maximum Gasteiger partial charge on any atom is 0.255 e. The highest BCUT2D eigenvalue weighted by Gasteiger charge is 2.14. The van der Waals surface area contributed by atoms with Crippen molar-refractivity contribution in [1.82, 2.24) is 4.72 Å². The van der Waals surface area contributed by atoms with E-state index in [1.165, 1.54) is 12.1 Å². The second kappa shape index (κ2) is 11.3. The van der Waals surface area contributed by atoms with Crippen LogP contribution in [0.25, 0.3) is 0 Å². The molecule has 2 amide bonds. The largest absolute Gasteiger partial charge is 0.494 e. The van der Waals surface area contributed by atoms with E-state index in [1.54, 1.807) is 60.7 Å². The molecule has 0 saturated carbocycles. The summed E-state index contributed by atoms with van der Waals surface area (Å²) in [4.78, 5) is 24.6. The van der Waals surface area contributed by atoms with Crippen molar-refractivity contribution in [1.29, 1.82) is 0 Å². The minimum Gasteiger partial charge on any atom is -0.494 e. The molecular weight excluding hydrogens is 442 g/mol. The predicted molar refractivity (Wildman–Crippen MR) is 127 cm³/mol. The van der Waals surface area contributed by atoms with Gasteiger partial charge in [0.25, 0.3) is 5.91 Å². The van der Waals surface area contributed by atoms with Crippen LogP contribution in [-0.2, 0) is 14.8 Å². The highest BCUT2D eigenvalue weighted by molar-refractivity contribution is 7.89. The molecule has 0 bridgehead atoms. The minimum atomic E-state index is -3.74. The number of sulfonamides is 1. The number of carbonyl (C=O) groups excluding carboxylic acids is 2. The number of hydrogen-bond donors (Lipinski definition) is 3. The number of ether oxygens (including phenoxy) is 1. The van der Waals surface area contributed by atoms with Crippen LogP contribution in [-0.4, -0.2) is 33.4 Å². The summed E-state index contributed by atoms with van der Waals surface area (Å²) in [5.41, 5.74) is 1.53. The maximum absolute atomic E-state index is 12.4. The lowest BCUT2D eigenvalue weighted by Crippen LogP contribution is -2.27. The van der Waals surface area contributed by atoms with Crippen LogP contribution < -0.4 is 20.1 Å². The molecule has 9 heteroatoms. The molecule has 3 rings (SSSR count). The van der Waals surface area contributed by atoms with E-state index in [4.69, 9.17) is 4.74 Å². The Morgan fingerprint density at radius 3 is 2.18 bits per heavy atom. The first kappa shape index (κ1) is 24.0. The monoisotopic (exact) mass is 467 g/mol. The van der Waals surface area contributed by atoms with Crippen molar-refractivity contribution in [3.8, 4) is 5.75 Å². The predicted octanol–water partition coefficient (Wildman–Crippen LogP) is 3.64. The van der Waals surface area contributed by atoms with Crippen LogP contribution in [0.5, 0.6) is 5.75 Å². The third-order valence-corrected chi connectivity index (χ3v) is 6.01. The zero-order valence-corrected chi connectivity index (χ0v) is 18.9. The van der Waals surface area contributed by atoms with E-state index in [2.05, 4.69) is 15.4 Å². The molecular formula is C24H25N3O5S. The van der Waals surface area contributed by atoms with E-state index < -0.39 is 10.0 Å². The third-order valence-electron chi connectivity index (χ3n) is 4.53. The fourth-order valence-corrected chi connectivity index (χ4v) is 3.99. The molecule has 0 radical (unpaired) electrons. The summed E-state index contributed by atoms with van der Waals surface area (Å²) < 4.78 is 32.5. The summed E-state index contributed by atoms with van der Waals surface area (Å²) in [6.07, 6.45) is -0.0587. The van der Waals surface area contributed by atoms with Gasteiger partial charge in [0.05, 0.1) is 11.5 Å². The molecule has 0 fully saturated rings. The number of rotatable bonds is 10. The van der Waals surface area contributed by atoms with Crippen LogP contribution in [0, 0.1) is 0 Å². The Balaban J connectivity index is 1.50. The molecule has 3 aromatic carbocycles. The first-order valence-corrected chi connectivity index (χ1v) is 11.8. The summed E-state index contributed by atoms with van der Waals surface area (Å²) in [5, 5.41) is 5.48. The summed E-state index contributed by atoms with van der Waals surface area (Å²) >= 11 is 0. The van der Waals surface area contributed by atoms with E-state index in [0.717, 1.165) is 0 Å². The second-order valence-corrected chi connectivity index (χ2v) is 8.77. The Morgan fingerprint density at radius 1 is 0.848 bits per heavy atom. The molecule has 0 aliphatic heterocycles. The molecule has 0 saturated heterocycles. The normalized spacial score (nSPS) is 10.9. The zero-order valence-electron chi connectivity index (χ0n) is 18.1. The van der Waals surface area contributed by atoms with Gasteiger partial charge in [-0.05, 0) is 61.5 Å². The Kier molecular flexibility index (Phi) is 8.17. The molecule has 0 aliphatic rings. The summed E-state index contributed by atoms with van der Waals surface area (Å²) in [6.45, 7) is 2.27. The van der Waals surface area contributed by atoms with Crippen LogP contribution in [0.4, 0.5) is 11.4 Å². The molecule has 0 atom stereocenters. The fourth-order valence-electron chi connectivity index (χ4n) is 2.95. The summed E-state index contributed by atoms with van der Waals surface area (Å²) in [5.74, 6) is -0.0447. The molecule has 3 aromatic rings. The third kappa shape index (κ3) is 7.16. The maximum atomic E-state index is 12.4. The average molecular weight is 468 g/mol. The van der Waals surface area contributed by atoms with Gasteiger partial charge in [0.15, 0.2) is 0 Å². The molecule has 33 heavy (non-hydrogen) atoms. The van der Waals surface area contributed by atoms with Crippen LogP contribution in [0.3, 0.4) is 0 Å². The summed E-state index contributed by atoms with van der Waals surface area (Å²) in [6, 6.07) is 21.5. The highest BCUT2D eigenvalue weighted by Crippen LogP contribution is 2.17. The number of carbonyl (C=O) groups is 2. The molecule has 0 aliphatic carbocycles. The van der Waals surface area contributed by atoms with Crippen molar-refractivity contribution in [2.45, 2.75) is 18.2 Å². The number of nitrogens with one attached hydrogen (secondary N) is 3. The van der Waals surface area contributed by atoms with Crippen molar-refractivity contribution in [3.63, 3.8) is 0 Å². The van der Waals surface area contributed by atoms with E-state index in [9.17, 15) is 18.0 Å². The van der Waals surface area contributed by atoms with Gasteiger partial charge in [0.2, 0.25) is 15.9 Å². The fraction of sp³-hybridized carbons (Fsp3) is 0.167. The van der Waals surface area contributed by atoms with Crippen LogP contribution in [0.1, 0.15) is 23.7 Å². The second-order valence-electron chi connectivity index (χ2n) is 7.00. The van der Waals surface area contributed by atoms with Crippen molar-refractivity contribution < 1.29 is 22.7 Å². The average Bonchev–Trinajstić information content (AvgIpc) is 2.80. The number of hydrogen-bond acceptors (Lipinski definition) is 5. The first-order chi connectivity index (χ1) is 15.9. The molecule has 0 heterocycles. The molecule has 0 aromatic heterocycles. The Morgan fingerprint density at radius 2 is 1.52 bits per heavy atom. The van der Waals surface area contributed by atoms with Gasteiger partial charge < -0.3 is 15.4 Å². The van der Waals surface area contributed by atoms with Gasteiger partial charge in [-0.3, -0.25) is 9.59 Å². The van der Waals surface area contributed by atoms with Crippen molar-refractivity contribution in [2.75, 3.05) is 23.8 Å². The van der Waals surface area contributed by atoms with Gasteiger partial charge in [-0.25, -0.2) is 13.1 Å². The van der Waals surface area contributed by atoms with E-state index >= 15 is 0 Å². The SMILES string of the molecule is CCOc1ccc(S(=O)(=O)NCCC(=O)Nc2cccc(NC(=O)c3ccccc3)c2)cc1. The molecule has 0 spiro atoms. The Labute approximate surface area is 193 Å². The van der Waals surface area contributed by atoms with Crippen LogP contribution in [0.2, 0.25) is 0 Å². The number of amides is 2.